The van der Waals surface area contributed by atoms with Crippen LogP contribution in [0, 0.1) is 0 Å². The quantitative estimate of drug-likeness (QED) is 0.165. The molecule has 0 aliphatic carbocycles. The van der Waals surface area contributed by atoms with Gasteiger partial charge in [0.2, 0.25) is 0 Å². The fourth-order valence-electron chi connectivity index (χ4n) is 5.84. The van der Waals surface area contributed by atoms with Gasteiger partial charge in [-0.15, -0.1) is 0 Å². The minimum Gasteiger partial charge on any atom is -0.0984 e. The van der Waals surface area contributed by atoms with Crippen molar-refractivity contribution in [2.75, 3.05) is 0 Å². The molecule has 0 aliphatic rings. The minimum atomic E-state index is 0.376. The van der Waals surface area contributed by atoms with Crippen LogP contribution in [0.4, 0.5) is 0 Å². The Balaban J connectivity index is 0.00000259. The number of hydrogen-bond acceptors (Lipinski definition) is 0. The molecule has 224 valence electrons. The highest BCUT2D eigenvalue weighted by Gasteiger charge is 2.21. The third-order valence-corrected chi connectivity index (χ3v) is 7.77. The summed E-state index contributed by atoms with van der Waals surface area (Å²) in [5, 5.41) is 2.35. The predicted molar refractivity (Wildman–Crippen MR) is 203 cm³/mol. The molecule has 0 aliphatic heterocycles. The van der Waals surface area contributed by atoms with E-state index < -0.39 is 0 Å². The topological polar surface area (TPSA) is 0 Å². The van der Waals surface area contributed by atoms with Crippen molar-refractivity contribution in [1.29, 1.82) is 0 Å². The highest BCUT2D eigenvalue weighted by Crippen LogP contribution is 2.45. The van der Waals surface area contributed by atoms with Crippen LogP contribution in [-0.4, -0.2) is 0 Å². The summed E-state index contributed by atoms with van der Waals surface area (Å²) in [6, 6.07) is 22.0. The lowest BCUT2D eigenvalue weighted by Gasteiger charge is -2.23. The zero-order valence-corrected chi connectivity index (χ0v) is 27.8. The van der Waals surface area contributed by atoms with Crippen molar-refractivity contribution in [2.45, 2.75) is 54.4 Å². The van der Waals surface area contributed by atoms with Crippen LogP contribution in [0.25, 0.3) is 62.9 Å². The minimum absolute atomic E-state index is 0.376. The van der Waals surface area contributed by atoms with Crippen molar-refractivity contribution in [1.82, 2.24) is 0 Å². The highest BCUT2D eigenvalue weighted by atomic mass is 14.2. The van der Waals surface area contributed by atoms with Crippen molar-refractivity contribution in [2.24, 2.45) is 0 Å². The number of benzene rings is 4. The molecule has 0 atom stereocenters. The van der Waals surface area contributed by atoms with Crippen molar-refractivity contribution in [3.63, 3.8) is 0 Å². The highest BCUT2D eigenvalue weighted by molar-refractivity contribution is 6.12. The van der Waals surface area contributed by atoms with Crippen LogP contribution >= 0.6 is 0 Å². The molecule has 0 bridgehead atoms. The van der Waals surface area contributed by atoms with Gasteiger partial charge in [-0.25, -0.2) is 0 Å². The summed E-state index contributed by atoms with van der Waals surface area (Å²) in [5.41, 5.74) is 13.8. The molecule has 0 N–H and O–H groups in total. The second-order valence-electron chi connectivity index (χ2n) is 11.1. The molecule has 4 aromatic carbocycles. The molecule has 0 spiro atoms. The van der Waals surface area contributed by atoms with Gasteiger partial charge in [-0.1, -0.05) is 169 Å². The molecule has 44 heavy (non-hydrogen) atoms. The fraction of sp³-hybridized carbons (Fsp3) is 0.182. The van der Waals surface area contributed by atoms with Crippen LogP contribution in [-0.2, 0) is 0 Å². The maximum atomic E-state index is 4.29. The van der Waals surface area contributed by atoms with E-state index >= 15 is 0 Å². The van der Waals surface area contributed by atoms with Gasteiger partial charge in [0, 0.05) is 0 Å². The van der Waals surface area contributed by atoms with E-state index in [-0.39, 0.29) is 0 Å². The summed E-state index contributed by atoms with van der Waals surface area (Å²) < 4.78 is 0. The molecule has 0 nitrogen and oxygen atoms in total. The molecule has 4 aromatic rings. The maximum absolute atomic E-state index is 4.29. The van der Waals surface area contributed by atoms with Crippen LogP contribution in [0.1, 0.15) is 87.8 Å². The van der Waals surface area contributed by atoms with Crippen LogP contribution in [0.15, 0.2) is 117 Å². The Bertz CT molecular complexity index is 1760. The monoisotopic (exact) mass is 576 g/mol. The fourth-order valence-corrected chi connectivity index (χ4v) is 5.84. The van der Waals surface area contributed by atoms with Gasteiger partial charge in [0.1, 0.15) is 0 Å². The Kier molecular flexibility index (Phi) is 12.1. The SMILES string of the molecule is C=Cc1c(-c2c(C=C)c(C=C)c(-c3ccc(C(/C=C\C)=C/C=C(C)C)cc3)c3ccccc23)ccc(C(C)C)c1C=C.CC. The molecule has 0 radical (unpaired) electrons. The van der Waals surface area contributed by atoms with E-state index in [1.807, 2.05) is 38.2 Å². The summed E-state index contributed by atoms with van der Waals surface area (Å²) in [4.78, 5) is 0. The van der Waals surface area contributed by atoms with Gasteiger partial charge < -0.3 is 0 Å². The predicted octanol–water partition coefficient (Wildman–Crippen LogP) is 13.8. The van der Waals surface area contributed by atoms with Gasteiger partial charge in [-0.2, -0.15) is 0 Å². The van der Waals surface area contributed by atoms with Crippen molar-refractivity contribution < 1.29 is 0 Å². The van der Waals surface area contributed by atoms with E-state index in [1.165, 1.54) is 33.0 Å². The van der Waals surface area contributed by atoms with Crippen molar-refractivity contribution in [3.05, 3.63) is 150 Å². The van der Waals surface area contributed by atoms with E-state index in [0.29, 0.717) is 5.92 Å². The Hall–Kier alpha value is -4.68. The molecule has 0 saturated carbocycles. The van der Waals surface area contributed by atoms with E-state index in [2.05, 4.69) is 146 Å². The van der Waals surface area contributed by atoms with E-state index in [1.54, 1.807) is 0 Å². The molecule has 0 heterocycles. The Morgan fingerprint density at radius 2 is 1.18 bits per heavy atom. The second kappa shape index (κ2) is 15.7. The largest absolute Gasteiger partial charge is 0.0984 e. The summed E-state index contributed by atoms with van der Waals surface area (Å²) >= 11 is 0. The van der Waals surface area contributed by atoms with E-state index in [0.717, 1.165) is 44.5 Å². The lowest BCUT2D eigenvalue weighted by Crippen LogP contribution is -2.01. The summed E-state index contributed by atoms with van der Waals surface area (Å²) in [7, 11) is 0. The summed E-state index contributed by atoms with van der Waals surface area (Å²) in [5.74, 6) is 0.376. The number of fused-ring (bicyclic) bond motifs is 1. The number of rotatable bonds is 10. The molecular formula is C44H48. The normalized spacial score (nSPS) is 11.2. The molecule has 0 aromatic heterocycles. The van der Waals surface area contributed by atoms with Gasteiger partial charge in [0.15, 0.2) is 0 Å². The van der Waals surface area contributed by atoms with Crippen molar-refractivity contribution >= 4 is 40.6 Å². The first-order valence-corrected chi connectivity index (χ1v) is 15.7. The average molecular weight is 577 g/mol. The van der Waals surface area contributed by atoms with Crippen LogP contribution in [0.2, 0.25) is 0 Å². The van der Waals surface area contributed by atoms with Gasteiger partial charge >= 0.3 is 0 Å². The van der Waals surface area contributed by atoms with E-state index in [9.17, 15) is 0 Å². The maximum Gasteiger partial charge on any atom is -0.00204 e. The number of allylic oxidation sites excluding steroid dienone is 6. The first kappa shape index (κ1) is 33.8. The van der Waals surface area contributed by atoms with Crippen LogP contribution in [0.3, 0.4) is 0 Å². The Labute approximate surface area is 266 Å². The standard InChI is InChI=1S/C42H42.C2H6/c1-10-17-30(21-20-28(6)7)31-22-24-32(25-23-31)41-35(13-4)36(14-5)42(39-19-16-15-18-38(39)41)40-27-26-37(29(8)9)33(11-2)34(40)12-3;1-2/h10-27,29H,2-5H2,1,6-9H3;1-2H3/b17-10-,30-21+;. The first-order chi connectivity index (χ1) is 21.3. The third-order valence-electron chi connectivity index (χ3n) is 7.77. The lowest BCUT2D eigenvalue weighted by atomic mass is 9.80. The van der Waals surface area contributed by atoms with Crippen LogP contribution < -0.4 is 0 Å². The van der Waals surface area contributed by atoms with Gasteiger partial charge in [-0.05, 0) is 98.7 Å². The average Bonchev–Trinajstić information content (AvgIpc) is 3.05. The lowest BCUT2D eigenvalue weighted by molar-refractivity contribution is 0.864. The molecule has 0 fully saturated rings. The van der Waals surface area contributed by atoms with Gasteiger partial charge in [0.25, 0.3) is 0 Å². The van der Waals surface area contributed by atoms with Gasteiger partial charge in [-0.3, -0.25) is 0 Å². The smallest absolute Gasteiger partial charge is 0.00204 e. The molecule has 0 unspecified atom stereocenters. The van der Waals surface area contributed by atoms with Gasteiger partial charge in [0.05, 0.1) is 0 Å². The molecule has 0 amide bonds. The van der Waals surface area contributed by atoms with E-state index in [4.69, 9.17) is 0 Å². The second-order valence-corrected chi connectivity index (χ2v) is 11.1. The molecular weight excluding hydrogens is 528 g/mol. The third kappa shape index (κ3) is 6.76. The zero-order valence-electron chi connectivity index (χ0n) is 27.8. The van der Waals surface area contributed by atoms with Crippen LogP contribution in [0.5, 0.6) is 0 Å². The first-order valence-electron chi connectivity index (χ1n) is 15.7. The number of hydrogen-bond donors (Lipinski definition) is 0. The molecule has 0 saturated heterocycles. The Morgan fingerprint density at radius 1 is 0.636 bits per heavy atom. The zero-order chi connectivity index (χ0) is 32.4. The van der Waals surface area contributed by atoms with Crippen molar-refractivity contribution in [3.8, 4) is 22.3 Å². The summed E-state index contributed by atoms with van der Waals surface area (Å²) in [6.07, 6.45) is 16.4. The molecule has 4 rings (SSSR count). The summed E-state index contributed by atoms with van der Waals surface area (Å²) in [6.45, 7) is 31.7. The Morgan fingerprint density at radius 3 is 1.68 bits per heavy atom. The molecule has 0 heteroatoms.